The van der Waals surface area contributed by atoms with Gasteiger partial charge in [-0.1, -0.05) is 18.2 Å². The molecule has 1 aliphatic rings. The van der Waals surface area contributed by atoms with E-state index in [1.165, 1.54) is 12.1 Å². The Bertz CT molecular complexity index is 822. The van der Waals surface area contributed by atoms with E-state index in [0.29, 0.717) is 26.0 Å². The molecule has 5 nitrogen and oxygen atoms in total. The minimum absolute atomic E-state index is 0.0142. The van der Waals surface area contributed by atoms with Crippen LogP contribution in [0.2, 0.25) is 0 Å². The molecule has 0 saturated carbocycles. The Morgan fingerprint density at radius 2 is 2.10 bits per heavy atom. The van der Waals surface area contributed by atoms with Gasteiger partial charge in [-0.3, -0.25) is 4.79 Å². The summed E-state index contributed by atoms with van der Waals surface area (Å²) in [7, 11) is 0. The van der Waals surface area contributed by atoms with Crippen LogP contribution in [0, 0.1) is 11.7 Å². The molecule has 2 aromatic rings. The highest BCUT2D eigenvalue weighted by molar-refractivity contribution is 7.10. The van der Waals surface area contributed by atoms with Gasteiger partial charge in [0, 0.05) is 36.5 Å². The third kappa shape index (κ3) is 5.90. The molecule has 7 heteroatoms. The van der Waals surface area contributed by atoms with Crippen molar-refractivity contribution in [2.75, 3.05) is 19.8 Å². The number of ether oxygens (including phenoxy) is 2. The lowest BCUT2D eigenvalue weighted by molar-refractivity contribution is -0.166. The molecule has 0 aliphatic carbocycles. The Kier molecular flexibility index (Phi) is 8.42. The highest BCUT2D eigenvalue weighted by Crippen LogP contribution is 2.40. The number of halogens is 1. The number of aliphatic hydroxyl groups is 1. The number of amides is 1. The molecule has 0 bridgehead atoms. The Balaban J connectivity index is 1.71. The van der Waals surface area contributed by atoms with Gasteiger partial charge in [-0.05, 0) is 61.4 Å². The van der Waals surface area contributed by atoms with Crippen LogP contribution < -0.4 is 5.32 Å². The van der Waals surface area contributed by atoms with E-state index >= 15 is 0 Å². The molecule has 3 rings (SSSR count). The van der Waals surface area contributed by atoms with E-state index in [9.17, 15) is 14.3 Å². The van der Waals surface area contributed by atoms with Crippen LogP contribution in [0.3, 0.4) is 0 Å². The topological polar surface area (TPSA) is 67.8 Å². The third-order valence-corrected chi connectivity index (χ3v) is 6.09. The fraction of sp³-hybridized carbons (Fsp3) is 0.435. The van der Waals surface area contributed by atoms with Crippen LogP contribution in [0.15, 0.2) is 53.6 Å². The highest BCUT2D eigenvalue weighted by Gasteiger charge is 2.38. The van der Waals surface area contributed by atoms with E-state index in [1.54, 1.807) is 23.5 Å². The molecule has 1 aromatic carbocycles. The number of rotatable bonds is 10. The van der Waals surface area contributed by atoms with E-state index in [1.807, 2.05) is 24.4 Å². The Hall–Kier alpha value is -2.22. The second-order valence-electron chi connectivity index (χ2n) is 7.18. The zero-order valence-electron chi connectivity index (χ0n) is 17.1. The second kappa shape index (κ2) is 11.2. The summed E-state index contributed by atoms with van der Waals surface area (Å²) in [5.74, 6) is -0.303. The first kappa shape index (κ1) is 22.5. The van der Waals surface area contributed by atoms with E-state index < -0.39 is 6.29 Å². The summed E-state index contributed by atoms with van der Waals surface area (Å²) in [6.45, 7) is 2.89. The number of hydrogen-bond donors (Lipinski definition) is 2. The van der Waals surface area contributed by atoms with Gasteiger partial charge in [0.05, 0.1) is 0 Å². The van der Waals surface area contributed by atoms with Crippen molar-refractivity contribution in [1.29, 1.82) is 0 Å². The van der Waals surface area contributed by atoms with Crippen LogP contribution in [0.1, 0.15) is 36.1 Å². The molecule has 0 spiro atoms. The molecule has 162 valence electrons. The van der Waals surface area contributed by atoms with Gasteiger partial charge in [0.2, 0.25) is 6.29 Å². The molecule has 3 atom stereocenters. The summed E-state index contributed by atoms with van der Waals surface area (Å²) >= 11 is 1.64. The van der Waals surface area contributed by atoms with Crippen molar-refractivity contribution < 1.29 is 23.8 Å². The summed E-state index contributed by atoms with van der Waals surface area (Å²) in [5, 5.41) is 14.2. The van der Waals surface area contributed by atoms with E-state index in [0.717, 1.165) is 16.9 Å². The first-order chi connectivity index (χ1) is 14.6. The quantitative estimate of drug-likeness (QED) is 0.594. The maximum Gasteiger partial charge on any atom is 0.286 e. The molecule has 0 saturated heterocycles. The van der Waals surface area contributed by atoms with Crippen LogP contribution in [0.5, 0.6) is 0 Å². The van der Waals surface area contributed by atoms with Gasteiger partial charge in [0.25, 0.3) is 5.91 Å². The van der Waals surface area contributed by atoms with Gasteiger partial charge in [0.15, 0.2) is 5.76 Å². The Morgan fingerprint density at radius 1 is 1.30 bits per heavy atom. The van der Waals surface area contributed by atoms with Gasteiger partial charge in [-0.2, -0.15) is 0 Å². The van der Waals surface area contributed by atoms with Gasteiger partial charge >= 0.3 is 0 Å². The largest absolute Gasteiger partial charge is 0.459 e. The average molecular weight is 434 g/mol. The SMILES string of the molecule is CCO[C@H]1OC(C(=O)NCCc2ccc(F)cc2)=C[C@@H](c2cccs2)[C@H]1CCCO. The molecule has 2 heterocycles. The van der Waals surface area contributed by atoms with Crippen molar-refractivity contribution in [2.24, 2.45) is 5.92 Å². The first-order valence-corrected chi connectivity index (χ1v) is 11.2. The predicted molar refractivity (Wildman–Crippen MR) is 115 cm³/mol. The van der Waals surface area contributed by atoms with Crippen molar-refractivity contribution in [3.05, 3.63) is 69.9 Å². The van der Waals surface area contributed by atoms with Crippen LogP contribution in [0.25, 0.3) is 0 Å². The molecule has 0 fully saturated rings. The van der Waals surface area contributed by atoms with Gasteiger partial charge in [0.1, 0.15) is 5.82 Å². The van der Waals surface area contributed by atoms with Crippen LogP contribution >= 0.6 is 11.3 Å². The molecule has 0 radical (unpaired) electrons. The van der Waals surface area contributed by atoms with Gasteiger partial charge < -0.3 is 19.9 Å². The predicted octanol–water partition coefficient (Wildman–Crippen LogP) is 4.00. The van der Waals surface area contributed by atoms with Crippen molar-refractivity contribution in [3.63, 3.8) is 0 Å². The van der Waals surface area contributed by atoms with Crippen molar-refractivity contribution >= 4 is 17.2 Å². The lowest BCUT2D eigenvalue weighted by Gasteiger charge is -2.36. The van der Waals surface area contributed by atoms with E-state index in [2.05, 4.69) is 11.4 Å². The molecular formula is C23H28FNO4S. The second-order valence-corrected chi connectivity index (χ2v) is 8.16. The number of carbonyl (C=O) groups is 1. The Morgan fingerprint density at radius 3 is 2.77 bits per heavy atom. The summed E-state index contributed by atoms with van der Waals surface area (Å²) in [6.07, 6.45) is 3.31. The number of aliphatic hydroxyl groups excluding tert-OH is 1. The molecular weight excluding hydrogens is 405 g/mol. The molecule has 1 amide bonds. The molecule has 1 aromatic heterocycles. The van der Waals surface area contributed by atoms with Gasteiger partial charge in [-0.25, -0.2) is 4.39 Å². The number of thiophene rings is 1. The summed E-state index contributed by atoms with van der Waals surface area (Å²) in [5.41, 5.74) is 0.947. The standard InChI is InChI=1S/C23H28FNO4S/c1-2-28-23-18(5-3-13-26)19(21-6-4-14-30-21)15-20(29-23)22(27)25-12-11-16-7-9-17(24)10-8-16/h4,6-10,14-15,18-19,23,26H,2-3,5,11-13H2,1H3,(H,25,27)/t18-,19-,23+/m1/s1. The van der Waals surface area contributed by atoms with E-state index in [-0.39, 0.29) is 35.9 Å². The average Bonchev–Trinajstić information content (AvgIpc) is 3.28. The minimum atomic E-state index is -0.545. The lowest BCUT2D eigenvalue weighted by atomic mass is 9.84. The number of allylic oxidation sites excluding steroid dienone is 1. The smallest absolute Gasteiger partial charge is 0.286 e. The summed E-state index contributed by atoms with van der Waals surface area (Å²) in [4.78, 5) is 13.9. The van der Waals surface area contributed by atoms with Crippen molar-refractivity contribution in [2.45, 2.75) is 38.4 Å². The monoisotopic (exact) mass is 433 g/mol. The maximum atomic E-state index is 13.0. The number of carbonyl (C=O) groups excluding carboxylic acids is 1. The molecule has 1 aliphatic heterocycles. The minimum Gasteiger partial charge on any atom is -0.459 e. The Labute approximate surface area is 180 Å². The number of nitrogens with one attached hydrogen (secondary N) is 1. The van der Waals surface area contributed by atoms with Crippen LogP contribution in [-0.2, 0) is 20.7 Å². The van der Waals surface area contributed by atoms with Crippen molar-refractivity contribution in [1.82, 2.24) is 5.32 Å². The van der Waals surface area contributed by atoms with Crippen molar-refractivity contribution in [3.8, 4) is 0 Å². The number of benzene rings is 1. The zero-order chi connectivity index (χ0) is 21.3. The molecule has 30 heavy (non-hydrogen) atoms. The number of hydrogen-bond acceptors (Lipinski definition) is 5. The third-order valence-electron chi connectivity index (χ3n) is 5.12. The molecule has 2 N–H and O–H groups in total. The van der Waals surface area contributed by atoms with Crippen LogP contribution in [-0.4, -0.2) is 37.1 Å². The molecule has 0 unspecified atom stereocenters. The maximum absolute atomic E-state index is 13.0. The van der Waals surface area contributed by atoms with E-state index in [4.69, 9.17) is 9.47 Å². The lowest BCUT2D eigenvalue weighted by Crippen LogP contribution is -2.39. The van der Waals surface area contributed by atoms with Crippen LogP contribution in [0.4, 0.5) is 4.39 Å². The normalized spacial score (nSPS) is 21.0. The van der Waals surface area contributed by atoms with Gasteiger partial charge in [-0.15, -0.1) is 11.3 Å². The highest BCUT2D eigenvalue weighted by atomic mass is 32.1. The fourth-order valence-electron chi connectivity index (χ4n) is 3.63. The summed E-state index contributed by atoms with van der Waals surface area (Å²) < 4.78 is 24.8. The fourth-order valence-corrected chi connectivity index (χ4v) is 4.51. The first-order valence-electron chi connectivity index (χ1n) is 10.3. The summed E-state index contributed by atoms with van der Waals surface area (Å²) in [6, 6.07) is 10.3. The zero-order valence-corrected chi connectivity index (χ0v) is 17.9.